The highest BCUT2D eigenvalue weighted by molar-refractivity contribution is 4.96. The Labute approximate surface area is 100 Å². The molecule has 3 atom stereocenters. The van der Waals surface area contributed by atoms with Crippen molar-refractivity contribution >= 4 is 0 Å². The van der Waals surface area contributed by atoms with E-state index in [1.165, 1.54) is 19.3 Å². The van der Waals surface area contributed by atoms with E-state index < -0.39 is 0 Å². The highest BCUT2D eigenvalue weighted by atomic mass is 16.5. The second-order valence-corrected chi connectivity index (χ2v) is 5.77. The zero-order valence-electron chi connectivity index (χ0n) is 11.3. The second-order valence-electron chi connectivity index (χ2n) is 5.77. The Morgan fingerprint density at radius 1 is 1.38 bits per heavy atom. The fraction of sp³-hybridized carbons (Fsp3) is 1.00. The van der Waals surface area contributed by atoms with Gasteiger partial charge >= 0.3 is 0 Å². The number of nitrogens with one attached hydrogen (secondary N) is 1. The van der Waals surface area contributed by atoms with Crippen LogP contribution in [0.3, 0.4) is 0 Å². The van der Waals surface area contributed by atoms with Crippen LogP contribution < -0.4 is 11.1 Å². The largest absolute Gasteiger partial charge is 0.380 e. The first-order chi connectivity index (χ1) is 7.51. The minimum Gasteiger partial charge on any atom is -0.380 e. The van der Waals surface area contributed by atoms with Crippen LogP contribution in [0, 0.1) is 11.8 Å². The lowest BCUT2D eigenvalue weighted by Crippen LogP contribution is -2.56. The highest BCUT2D eigenvalue weighted by Crippen LogP contribution is 2.35. The molecule has 0 radical (unpaired) electrons. The smallest absolute Gasteiger partial charge is 0.0667 e. The molecule has 0 aromatic carbocycles. The lowest BCUT2D eigenvalue weighted by atomic mass is 9.71. The Morgan fingerprint density at radius 2 is 1.94 bits per heavy atom. The van der Waals surface area contributed by atoms with Crippen molar-refractivity contribution in [1.29, 1.82) is 0 Å². The third-order valence-corrected chi connectivity index (χ3v) is 3.84. The summed E-state index contributed by atoms with van der Waals surface area (Å²) in [7, 11) is 1.76. The summed E-state index contributed by atoms with van der Waals surface area (Å²) in [5.41, 5.74) is 6.13. The van der Waals surface area contributed by atoms with E-state index >= 15 is 0 Å². The van der Waals surface area contributed by atoms with Crippen molar-refractivity contribution in [3.05, 3.63) is 0 Å². The first-order valence-corrected chi connectivity index (χ1v) is 6.49. The monoisotopic (exact) mass is 228 g/mol. The van der Waals surface area contributed by atoms with E-state index in [1.807, 2.05) is 0 Å². The maximum atomic E-state index is 5.99. The SMILES string of the molecule is COC(C)CNC1(CN)CC(C)CC(C)C1. The minimum atomic E-state index is 0.143. The Kier molecular flexibility index (Phi) is 5.22. The molecule has 1 fully saturated rings. The Bertz CT molecular complexity index is 198. The predicted octanol–water partition coefficient (Wildman–Crippen LogP) is 1.76. The summed E-state index contributed by atoms with van der Waals surface area (Å²) in [6, 6.07) is 0. The summed E-state index contributed by atoms with van der Waals surface area (Å²) in [5.74, 6) is 1.55. The van der Waals surface area contributed by atoms with Crippen LogP contribution in [0.25, 0.3) is 0 Å². The molecule has 3 heteroatoms. The van der Waals surface area contributed by atoms with Crippen molar-refractivity contribution in [2.45, 2.75) is 51.7 Å². The molecule has 0 bridgehead atoms. The number of rotatable bonds is 5. The topological polar surface area (TPSA) is 47.3 Å². The number of hydrogen-bond acceptors (Lipinski definition) is 3. The van der Waals surface area contributed by atoms with Crippen LogP contribution in [0.2, 0.25) is 0 Å². The van der Waals surface area contributed by atoms with Gasteiger partial charge in [0.2, 0.25) is 0 Å². The van der Waals surface area contributed by atoms with Gasteiger partial charge < -0.3 is 15.8 Å². The fourth-order valence-electron chi connectivity index (χ4n) is 3.10. The molecule has 0 aliphatic heterocycles. The van der Waals surface area contributed by atoms with E-state index in [9.17, 15) is 0 Å². The summed E-state index contributed by atoms with van der Waals surface area (Å²) in [5, 5.41) is 3.65. The lowest BCUT2D eigenvalue weighted by molar-refractivity contribution is 0.0875. The Morgan fingerprint density at radius 3 is 2.38 bits per heavy atom. The molecule has 0 heterocycles. The molecule has 96 valence electrons. The summed E-state index contributed by atoms with van der Waals surface area (Å²) in [4.78, 5) is 0. The third-order valence-electron chi connectivity index (χ3n) is 3.84. The maximum absolute atomic E-state index is 5.99. The van der Waals surface area contributed by atoms with Gasteiger partial charge in [-0.3, -0.25) is 0 Å². The van der Waals surface area contributed by atoms with E-state index in [0.717, 1.165) is 24.9 Å². The van der Waals surface area contributed by atoms with Gasteiger partial charge in [-0.2, -0.15) is 0 Å². The molecule has 0 spiro atoms. The Balaban J connectivity index is 2.54. The number of methoxy groups -OCH3 is 1. The Hall–Kier alpha value is -0.120. The number of hydrogen-bond donors (Lipinski definition) is 2. The quantitative estimate of drug-likeness (QED) is 0.754. The molecule has 3 N–H and O–H groups in total. The van der Waals surface area contributed by atoms with Crippen molar-refractivity contribution in [3.8, 4) is 0 Å². The zero-order chi connectivity index (χ0) is 12.2. The van der Waals surface area contributed by atoms with Crippen LogP contribution in [-0.2, 0) is 4.74 Å². The molecule has 0 aromatic heterocycles. The van der Waals surface area contributed by atoms with Crippen molar-refractivity contribution in [3.63, 3.8) is 0 Å². The van der Waals surface area contributed by atoms with E-state index in [-0.39, 0.29) is 11.6 Å². The maximum Gasteiger partial charge on any atom is 0.0667 e. The lowest BCUT2D eigenvalue weighted by Gasteiger charge is -2.43. The van der Waals surface area contributed by atoms with Crippen LogP contribution in [-0.4, -0.2) is 31.8 Å². The van der Waals surface area contributed by atoms with E-state index in [2.05, 4.69) is 26.1 Å². The van der Waals surface area contributed by atoms with Gasteiger partial charge in [-0.25, -0.2) is 0 Å². The van der Waals surface area contributed by atoms with Gasteiger partial charge in [-0.1, -0.05) is 13.8 Å². The summed E-state index contributed by atoms with van der Waals surface area (Å²) in [6.07, 6.45) is 3.99. The highest BCUT2D eigenvalue weighted by Gasteiger charge is 2.36. The van der Waals surface area contributed by atoms with Gasteiger partial charge in [-0.05, 0) is 38.0 Å². The van der Waals surface area contributed by atoms with E-state index in [0.29, 0.717) is 0 Å². The standard InChI is InChI=1S/C13H28N2O/c1-10-5-11(2)7-13(6-10,9-14)15-8-12(3)16-4/h10-12,15H,5-9,14H2,1-4H3. The molecule has 1 aliphatic carbocycles. The first kappa shape index (κ1) is 13.9. The molecule has 0 saturated heterocycles. The molecule has 0 amide bonds. The minimum absolute atomic E-state index is 0.143. The molecule has 3 nitrogen and oxygen atoms in total. The number of ether oxygens (including phenoxy) is 1. The summed E-state index contributed by atoms with van der Waals surface area (Å²) in [6.45, 7) is 8.39. The molecule has 1 saturated carbocycles. The molecular formula is C13H28N2O. The van der Waals surface area contributed by atoms with Gasteiger partial charge in [0.05, 0.1) is 6.10 Å². The zero-order valence-corrected chi connectivity index (χ0v) is 11.3. The normalized spacial score (nSPS) is 37.3. The predicted molar refractivity (Wildman–Crippen MR) is 68.4 cm³/mol. The molecule has 1 aliphatic rings. The van der Waals surface area contributed by atoms with Crippen LogP contribution in [0.1, 0.15) is 40.0 Å². The molecule has 3 unspecified atom stereocenters. The first-order valence-electron chi connectivity index (χ1n) is 6.49. The van der Waals surface area contributed by atoms with Gasteiger partial charge in [0.25, 0.3) is 0 Å². The summed E-state index contributed by atoms with van der Waals surface area (Å²) >= 11 is 0. The van der Waals surface area contributed by atoms with Gasteiger partial charge in [0, 0.05) is 25.7 Å². The van der Waals surface area contributed by atoms with E-state index in [4.69, 9.17) is 10.5 Å². The fourth-order valence-corrected chi connectivity index (χ4v) is 3.10. The van der Waals surface area contributed by atoms with Crippen LogP contribution in [0.15, 0.2) is 0 Å². The average Bonchev–Trinajstić information content (AvgIpc) is 2.24. The van der Waals surface area contributed by atoms with Crippen molar-refractivity contribution in [2.24, 2.45) is 17.6 Å². The molecular weight excluding hydrogens is 200 g/mol. The van der Waals surface area contributed by atoms with Gasteiger partial charge in [-0.15, -0.1) is 0 Å². The van der Waals surface area contributed by atoms with Gasteiger partial charge in [0.1, 0.15) is 0 Å². The van der Waals surface area contributed by atoms with Crippen molar-refractivity contribution < 1.29 is 4.74 Å². The van der Waals surface area contributed by atoms with Crippen LogP contribution in [0.4, 0.5) is 0 Å². The summed E-state index contributed by atoms with van der Waals surface area (Å²) < 4.78 is 5.28. The van der Waals surface area contributed by atoms with Gasteiger partial charge in [0.15, 0.2) is 0 Å². The molecule has 1 rings (SSSR count). The second kappa shape index (κ2) is 5.99. The molecule has 16 heavy (non-hydrogen) atoms. The third kappa shape index (κ3) is 3.72. The van der Waals surface area contributed by atoms with Crippen molar-refractivity contribution in [1.82, 2.24) is 5.32 Å². The molecule has 0 aromatic rings. The van der Waals surface area contributed by atoms with Crippen LogP contribution in [0.5, 0.6) is 0 Å². The van der Waals surface area contributed by atoms with Crippen molar-refractivity contribution in [2.75, 3.05) is 20.2 Å². The number of nitrogens with two attached hydrogens (primary N) is 1. The van der Waals surface area contributed by atoms with Crippen LogP contribution >= 0.6 is 0 Å². The average molecular weight is 228 g/mol. The van der Waals surface area contributed by atoms with E-state index in [1.54, 1.807) is 7.11 Å².